The van der Waals surface area contributed by atoms with Crippen LogP contribution in [0, 0.1) is 23.2 Å². The molecule has 3 aliphatic rings. The van der Waals surface area contributed by atoms with Gasteiger partial charge in [0, 0.05) is 37.3 Å². The molecule has 1 aromatic heterocycles. The highest BCUT2D eigenvalue weighted by Gasteiger charge is 2.66. The molecule has 1 N–H and O–H groups in total. The minimum atomic E-state index is -0.882. The number of aromatic nitrogens is 1. The van der Waals surface area contributed by atoms with Crippen molar-refractivity contribution in [1.82, 2.24) is 9.47 Å². The monoisotopic (exact) mass is 330 g/mol. The zero-order valence-corrected chi connectivity index (χ0v) is 13.9. The third-order valence-corrected chi connectivity index (χ3v) is 6.15. The first-order chi connectivity index (χ1) is 11.3. The van der Waals surface area contributed by atoms with Crippen LogP contribution in [0.4, 0.5) is 0 Å². The second kappa shape index (κ2) is 4.94. The molecule has 6 heteroatoms. The Balaban J connectivity index is 1.58. The fraction of sp³-hybridized carbons (Fsp3) is 0.611. The number of aliphatic carboxylic acids is 1. The van der Waals surface area contributed by atoms with Gasteiger partial charge in [0.25, 0.3) is 5.56 Å². The number of nitrogens with zero attached hydrogens (tertiary/aromatic N) is 2. The van der Waals surface area contributed by atoms with E-state index < -0.39 is 23.2 Å². The molecule has 2 fully saturated rings. The van der Waals surface area contributed by atoms with Crippen molar-refractivity contribution in [3.05, 3.63) is 34.2 Å². The van der Waals surface area contributed by atoms with Crippen molar-refractivity contribution in [2.75, 3.05) is 13.1 Å². The molecule has 1 amide bonds. The second-order valence-electron chi connectivity index (χ2n) is 8.06. The maximum Gasteiger partial charge on any atom is 0.307 e. The van der Waals surface area contributed by atoms with Gasteiger partial charge in [-0.1, -0.05) is 19.9 Å². The molecular formula is C18H22N2O4. The highest BCUT2D eigenvalue weighted by Crippen LogP contribution is 2.59. The van der Waals surface area contributed by atoms with E-state index in [2.05, 4.69) is 0 Å². The normalized spacial score (nSPS) is 32.8. The lowest BCUT2D eigenvalue weighted by molar-refractivity contribution is -0.142. The average Bonchev–Trinajstić information content (AvgIpc) is 3.10. The Hall–Kier alpha value is -2.11. The highest BCUT2D eigenvalue weighted by atomic mass is 16.4. The number of pyridine rings is 1. The average molecular weight is 330 g/mol. The first-order valence-electron chi connectivity index (χ1n) is 8.52. The SMILES string of the molecule is CC1(C)[C@H](C(=O)N2C[C@H]3C[C@H](C2)c2cccc(=O)n2C3)[C@@H]1C(=O)O. The van der Waals surface area contributed by atoms with Gasteiger partial charge in [0.05, 0.1) is 11.8 Å². The molecule has 1 aliphatic carbocycles. The van der Waals surface area contributed by atoms with Gasteiger partial charge in [0.2, 0.25) is 5.91 Å². The van der Waals surface area contributed by atoms with Crippen molar-refractivity contribution in [1.29, 1.82) is 0 Å². The summed E-state index contributed by atoms with van der Waals surface area (Å²) in [6.07, 6.45) is 0.990. The Kier molecular flexibility index (Phi) is 3.18. The first kappa shape index (κ1) is 15.4. The summed E-state index contributed by atoms with van der Waals surface area (Å²) in [6.45, 7) is 5.56. The lowest BCUT2D eigenvalue weighted by Crippen LogP contribution is -2.49. The third-order valence-electron chi connectivity index (χ3n) is 6.15. The van der Waals surface area contributed by atoms with Gasteiger partial charge in [0.15, 0.2) is 0 Å². The van der Waals surface area contributed by atoms with E-state index in [9.17, 15) is 19.5 Å². The molecule has 24 heavy (non-hydrogen) atoms. The van der Waals surface area contributed by atoms with Crippen molar-refractivity contribution in [3.63, 3.8) is 0 Å². The maximum absolute atomic E-state index is 12.9. The van der Waals surface area contributed by atoms with E-state index in [1.54, 1.807) is 12.1 Å². The number of carboxylic acids is 1. The summed E-state index contributed by atoms with van der Waals surface area (Å²) in [4.78, 5) is 38.1. The van der Waals surface area contributed by atoms with Gasteiger partial charge in [-0.3, -0.25) is 14.4 Å². The molecule has 6 nitrogen and oxygen atoms in total. The quantitative estimate of drug-likeness (QED) is 0.882. The summed E-state index contributed by atoms with van der Waals surface area (Å²) in [5, 5.41) is 9.32. The van der Waals surface area contributed by atoms with Crippen LogP contribution in [0.25, 0.3) is 0 Å². The molecule has 4 atom stereocenters. The molecule has 0 aromatic carbocycles. The van der Waals surface area contributed by atoms with Gasteiger partial charge in [-0.25, -0.2) is 0 Å². The predicted molar refractivity (Wildman–Crippen MR) is 86.5 cm³/mol. The molecule has 1 aromatic rings. The smallest absolute Gasteiger partial charge is 0.307 e. The Morgan fingerprint density at radius 1 is 1.17 bits per heavy atom. The lowest BCUT2D eigenvalue weighted by Gasteiger charge is -2.43. The Morgan fingerprint density at radius 3 is 2.58 bits per heavy atom. The van der Waals surface area contributed by atoms with Crippen LogP contribution in [0.3, 0.4) is 0 Å². The summed E-state index contributed by atoms with van der Waals surface area (Å²) in [5.41, 5.74) is 0.557. The van der Waals surface area contributed by atoms with E-state index in [1.165, 1.54) is 0 Å². The fourth-order valence-corrected chi connectivity index (χ4v) is 4.83. The molecule has 2 bridgehead atoms. The maximum atomic E-state index is 12.9. The van der Waals surface area contributed by atoms with Crippen molar-refractivity contribution in [2.45, 2.75) is 32.7 Å². The Bertz CT molecular complexity index is 781. The van der Waals surface area contributed by atoms with E-state index in [0.717, 1.165) is 12.1 Å². The summed E-state index contributed by atoms with van der Waals surface area (Å²) in [7, 11) is 0. The molecule has 128 valence electrons. The minimum absolute atomic E-state index is 0.0243. The second-order valence-corrected chi connectivity index (χ2v) is 8.06. The highest BCUT2D eigenvalue weighted by molar-refractivity contribution is 5.91. The van der Waals surface area contributed by atoms with E-state index in [-0.39, 0.29) is 23.3 Å². The van der Waals surface area contributed by atoms with Gasteiger partial charge in [-0.2, -0.15) is 0 Å². The molecule has 0 radical (unpaired) electrons. The molecule has 1 saturated carbocycles. The van der Waals surface area contributed by atoms with Crippen LogP contribution >= 0.6 is 0 Å². The van der Waals surface area contributed by atoms with E-state index in [1.807, 2.05) is 29.4 Å². The van der Waals surface area contributed by atoms with Crippen LogP contribution in [-0.4, -0.2) is 39.5 Å². The topological polar surface area (TPSA) is 79.6 Å². The van der Waals surface area contributed by atoms with Crippen LogP contribution in [0.15, 0.2) is 23.0 Å². The van der Waals surface area contributed by atoms with Crippen LogP contribution < -0.4 is 5.56 Å². The summed E-state index contributed by atoms with van der Waals surface area (Å²) in [6, 6.07) is 5.33. The minimum Gasteiger partial charge on any atom is -0.481 e. The van der Waals surface area contributed by atoms with Crippen LogP contribution in [0.1, 0.15) is 31.9 Å². The standard InChI is InChI=1S/C18H22N2O4/c1-18(2)14(15(18)17(23)24)16(22)19-7-10-6-11(9-19)12-4-3-5-13(21)20(12)8-10/h3-5,10-11,14-15H,6-9H2,1-2H3,(H,23,24)/t10-,11-,14+,15-/m1/s1. The van der Waals surface area contributed by atoms with Gasteiger partial charge in [0.1, 0.15) is 0 Å². The van der Waals surface area contributed by atoms with Gasteiger partial charge >= 0.3 is 5.97 Å². The largest absolute Gasteiger partial charge is 0.481 e. The van der Waals surface area contributed by atoms with Crippen LogP contribution in [0.2, 0.25) is 0 Å². The molecule has 1 saturated heterocycles. The molecule has 4 rings (SSSR count). The van der Waals surface area contributed by atoms with Crippen molar-refractivity contribution in [3.8, 4) is 0 Å². The number of carbonyl (C=O) groups is 2. The van der Waals surface area contributed by atoms with Gasteiger partial charge in [-0.15, -0.1) is 0 Å². The number of carbonyl (C=O) groups excluding carboxylic acids is 1. The molecule has 0 spiro atoms. The van der Waals surface area contributed by atoms with Crippen molar-refractivity contribution < 1.29 is 14.7 Å². The number of rotatable bonds is 2. The predicted octanol–water partition coefficient (Wildman–Crippen LogP) is 1.15. The van der Waals surface area contributed by atoms with Crippen molar-refractivity contribution in [2.24, 2.45) is 23.2 Å². The number of amides is 1. The number of hydrogen-bond acceptors (Lipinski definition) is 3. The number of piperidine rings is 1. The Morgan fingerprint density at radius 2 is 1.92 bits per heavy atom. The number of fused-ring (bicyclic) bond motifs is 4. The van der Waals surface area contributed by atoms with Crippen molar-refractivity contribution >= 4 is 11.9 Å². The Labute approximate surface area is 140 Å². The summed E-state index contributed by atoms with van der Waals surface area (Å²) < 4.78 is 1.84. The fourth-order valence-electron chi connectivity index (χ4n) is 4.83. The molecular weight excluding hydrogens is 308 g/mol. The van der Waals surface area contributed by atoms with Gasteiger partial charge in [-0.05, 0) is 23.8 Å². The number of hydrogen-bond donors (Lipinski definition) is 1. The molecule has 0 unspecified atom stereocenters. The third kappa shape index (κ3) is 2.12. The van der Waals surface area contributed by atoms with Gasteiger partial charge < -0.3 is 14.6 Å². The van der Waals surface area contributed by atoms with Crippen LogP contribution in [-0.2, 0) is 16.1 Å². The summed E-state index contributed by atoms with van der Waals surface area (Å²) >= 11 is 0. The lowest BCUT2D eigenvalue weighted by atomic mass is 9.83. The van der Waals surface area contributed by atoms with E-state index in [0.29, 0.717) is 19.6 Å². The first-order valence-corrected chi connectivity index (χ1v) is 8.52. The zero-order valence-electron chi connectivity index (χ0n) is 13.9. The molecule has 2 aliphatic heterocycles. The zero-order chi connectivity index (χ0) is 17.2. The molecule has 3 heterocycles. The van der Waals surface area contributed by atoms with E-state index in [4.69, 9.17) is 0 Å². The summed E-state index contributed by atoms with van der Waals surface area (Å²) in [5.74, 6) is -1.49. The van der Waals surface area contributed by atoms with Crippen LogP contribution in [0.5, 0.6) is 0 Å². The number of carboxylic acid groups (broad SMARTS) is 1. The van der Waals surface area contributed by atoms with E-state index >= 15 is 0 Å². The number of likely N-dealkylation sites (tertiary alicyclic amines) is 1.